The summed E-state index contributed by atoms with van der Waals surface area (Å²) < 4.78 is 16.6. The summed E-state index contributed by atoms with van der Waals surface area (Å²) in [5, 5.41) is 1.99. The van der Waals surface area contributed by atoms with Crippen molar-refractivity contribution >= 4 is 23.2 Å². The van der Waals surface area contributed by atoms with Crippen LogP contribution in [0.25, 0.3) is 0 Å². The second-order valence-electron chi connectivity index (χ2n) is 8.79. The van der Waals surface area contributed by atoms with E-state index in [0.717, 1.165) is 10.4 Å². The van der Waals surface area contributed by atoms with Gasteiger partial charge in [-0.15, -0.1) is 11.3 Å². The van der Waals surface area contributed by atoms with Crippen molar-refractivity contribution < 1.29 is 23.8 Å². The summed E-state index contributed by atoms with van der Waals surface area (Å²) in [6.45, 7) is 5.47. The maximum atomic E-state index is 13.5. The summed E-state index contributed by atoms with van der Waals surface area (Å²) >= 11 is 1.60. The molecule has 1 aromatic heterocycles. The standard InChI is InChI=1S/C27H30N2O5S/c1-20(2)14-28(27(31)18-32-22-7-4-3-5-8-22)17-26(30)29(16-23-9-6-12-35-23)15-21-10-11-24-25(13-21)34-19-33-24/h3-13,20H,14-19H2,1-2H3. The van der Waals surface area contributed by atoms with E-state index in [1.807, 2.05) is 67.8 Å². The van der Waals surface area contributed by atoms with Crippen LogP contribution in [-0.2, 0) is 22.7 Å². The fraction of sp³-hybridized carbons (Fsp3) is 0.333. The first-order valence-electron chi connectivity index (χ1n) is 11.6. The number of carbonyl (C=O) groups is 2. The second-order valence-corrected chi connectivity index (χ2v) is 9.82. The van der Waals surface area contributed by atoms with Gasteiger partial charge in [0.05, 0.1) is 13.1 Å². The molecule has 2 heterocycles. The van der Waals surface area contributed by atoms with Crippen molar-refractivity contribution in [3.8, 4) is 17.2 Å². The molecule has 0 bridgehead atoms. The molecule has 0 fully saturated rings. The fourth-order valence-corrected chi connectivity index (χ4v) is 4.51. The summed E-state index contributed by atoms with van der Waals surface area (Å²) in [5.41, 5.74) is 0.938. The topological polar surface area (TPSA) is 68.3 Å². The molecule has 2 amide bonds. The lowest BCUT2D eigenvalue weighted by Crippen LogP contribution is -2.45. The molecule has 0 saturated heterocycles. The van der Waals surface area contributed by atoms with Gasteiger partial charge in [0, 0.05) is 18.0 Å². The quantitative estimate of drug-likeness (QED) is 0.391. The lowest BCUT2D eigenvalue weighted by atomic mass is 10.1. The first kappa shape index (κ1) is 24.6. The number of ether oxygens (including phenoxy) is 3. The third kappa shape index (κ3) is 6.99. The van der Waals surface area contributed by atoms with Crippen molar-refractivity contribution in [3.05, 3.63) is 76.5 Å². The van der Waals surface area contributed by atoms with Gasteiger partial charge in [0.25, 0.3) is 5.91 Å². The summed E-state index contributed by atoms with van der Waals surface area (Å²) in [7, 11) is 0. The van der Waals surface area contributed by atoms with Crippen LogP contribution in [0, 0.1) is 5.92 Å². The van der Waals surface area contributed by atoms with Gasteiger partial charge in [0.1, 0.15) is 5.75 Å². The van der Waals surface area contributed by atoms with E-state index < -0.39 is 0 Å². The number of nitrogens with zero attached hydrogens (tertiary/aromatic N) is 2. The van der Waals surface area contributed by atoms with Crippen LogP contribution in [-0.4, -0.2) is 48.1 Å². The van der Waals surface area contributed by atoms with Gasteiger partial charge < -0.3 is 24.0 Å². The Labute approximate surface area is 209 Å². The predicted molar refractivity (Wildman–Crippen MR) is 134 cm³/mol. The van der Waals surface area contributed by atoms with Crippen molar-refractivity contribution in [1.82, 2.24) is 9.80 Å². The highest BCUT2D eigenvalue weighted by molar-refractivity contribution is 7.09. The Morgan fingerprint density at radius 2 is 1.74 bits per heavy atom. The number of fused-ring (bicyclic) bond motifs is 1. The second kappa shape index (κ2) is 11.8. The molecule has 2 aromatic carbocycles. The zero-order chi connectivity index (χ0) is 24.6. The highest BCUT2D eigenvalue weighted by Crippen LogP contribution is 2.33. The highest BCUT2D eigenvalue weighted by Gasteiger charge is 2.24. The molecule has 184 valence electrons. The van der Waals surface area contributed by atoms with Crippen molar-refractivity contribution in [2.45, 2.75) is 26.9 Å². The molecule has 0 N–H and O–H groups in total. The molecular formula is C27H30N2O5S. The Morgan fingerprint density at radius 1 is 0.943 bits per heavy atom. The lowest BCUT2D eigenvalue weighted by Gasteiger charge is -2.28. The monoisotopic (exact) mass is 494 g/mol. The lowest BCUT2D eigenvalue weighted by molar-refractivity contribution is -0.142. The average Bonchev–Trinajstić information content (AvgIpc) is 3.53. The number of carbonyl (C=O) groups excluding carboxylic acids is 2. The van der Waals surface area contributed by atoms with E-state index in [2.05, 4.69) is 0 Å². The van der Waals surface area contributed by atoms with E-state index >= 15 is 0 Å². The molecule has 0 saturated carbocycles. The number of rotatable bonds is 11. The summed E-state index contributed by atoms with van der Waals surface area (Å²) in [6.07, 6.45) is 0. The van der Waals surface area contributed by atoms with Gasteiger partial charge in [0.2, 0.25) is 12.7 Å². The zero-order valence-electron chi connectivity index (χ0n) is 20.0. The van der Waals surface area contributed by atoms with Crippen molar-refractivity contribution in [1.29, 1.82) is 0 Å². The van der Waals surface area contributed by atoms with E-state index in [9.17, 15) is 9.59 Å². The van der Waals surface area contributed by atoms with Crippen LogP contribution in [0.15, 0.2) is 66.0 Å². The van der Waals surface area contributed by atoms with E-state index in [0.29, 0.717) is 36.9 Å². The van der Waals surface area contributed by atoms with Gasteiger partial charge in [-0.2, -0.15) is 0 Å². The molecule has 4 rings (SSSR count). The first-order valence-corrected chi connectivity index (χ1v) is 12.5. The minimum absolute atomic E-state index is 0.00884. The molecule has 0 atom stereocenters. The molecule has 3 aromatic rings. The zero-order valence-corrected chi connectivity index (χ0v) is 20.8. The third-order valence-electron chi connectivity index (χ3n) is 5.46. The molecule has 0 aliphatic carbocycles. The van der Waals surface area contributed by atoms with Crippen LogP contribution in [0.2, 0.25) is 0 Å². The average molecular weight is 495 g/mol. The third-order valence-corrected chi connectivity index (χ3v) is 6.32. The van der Waals surface area contributed by atoms with Crippen LogP contribution in [0.4, 0.5) is 0 Å². The maximum absolute atomic E-state index is 13.5. The minimum atomic E-state index is -0.213. The van der Waals surface area contributed by atoms with E-state index in [1.165, 1.54) is 0 Å². The van der Waals surface area contributed by atoms with Gasteiger partial charge in [0.15, 0.2) is 18.1 Å². The Balaban J connectivity index is 1.46. The molecule has 1 aliphatic rings. The Kier molecular flexibility index (Phi) is 8.26. The molecule has 35 heavy (non-hydrogen) atoms. The summed E-state index contributed by atoms with van der Waals surface area (Å²) in [6, 6.07) is 18.9. The van der Waals surface area contributed by atoms with Crippen LogP contribution in [0.5, 0.6) is 17.2 Å². The molecule has 7 nitrogen and oxygen atoms in total. The summed E-state index contributed by atoms with van der Waals surface area (Å²) in [5.74, 6) is 1.89. The van der Waals surface area contributed by atoms with Gasteiger partial charge in [-0.1, -0.05) is 44.2 Å². The van der Waals surface area contributed by atoms with Gasteiger partial charge in [-0.25, -0.2) is 0 Å². The van der Waals surface area contributed by atoms with E-state index in [4.69, 9.17) is 14.2 Å². The van der Waals surface area contributed by atoms with E-state index in [1.54, 1.807) is 33.3 Å². The van der Waals surface area contributed by atoms with Crippen molar-refractivity contribution in [3.63, 3.8) is 0 Å². The van der Waals surface area contributed by atoms with Gasteiger partial charge in [-0.05, 0) is 47.2 Å². The number of amides is 2. The Morgan fingerprint density at radius 3 is 2.49 bits per heavy atom. The number of thiophene rings is 1. The van der Waals surface area contributed by atoms with Crippen LogP contribution >= 0.6 is 11.3 Å². The van der Waals surface area contributed by atoms with Crippen LogP contribution in [0.1, 0.15) is 24.3 Å². The van der Waals surface area contributed by atoms with Crippen molar-refractivity contribution in [2.24, 2.45) is 5.92 Å². The molecule has 8 heteroatoms. The molecule has 1 aliphatic heterocycles. The molecule has 0 spiro atoms. The van der Waals surface area contributed by atoms with Crippen LogP contribution < -0.4 is 14.2 Å². The molecule has 0 radical (unpaired) electrons. The summed E-state index contributed by atoms with van der Waals surface area (Å²) in [4.78, 5) is 31.0. The Bertz CT molecular complexity index is 1120. The van der Waals surface area contributed by atoms with Gasteiger partial charge >= 0.3 is 0 Å². The smallest absolute Gasteiger partial charge is 0.260 e. The normalized spacial score (nSPS) is 12.0. The highest BCUT2D eigenvalue weighted by atomic mass is 32.1. The minimum Gasteiger partial charge on any atom is -0.484 e. The van der Waals surface area contributed by atoms with Crippen molar-refractivity contribution in [2.75, 3.05) is 26.5 Å². The predicted octanol–water partition coefficient (Wildman–Crippen LogP) is 4.57. The fourth-order valence-electron chi connectivity index (χ4n) is 3.79. The number of benzene rings is 2. The molecule has 0 unspecified atom stereocenters. The molecular weight excluding hydrogens is 464 g/mol. The SMILES string of the molecule is CC(C)CN(CC(=O)N(Cc1ccc2c(c1)OCO2)Cc1cccs1)C(=O)COc1ccccc1. The Hall–Kier alpha value is -3.52. The van der Waals surface area contributed by atoms with Crippen LogP contribution in [0.3, 0.4) is 0 Å². The first-order chi connectivity index (χ1) is 17.0. The maximum Gasteiger partial charge on any atom is 0.260 e. The number of hydrogen-bond acceptors (Lipinski definition) is 6. The van der Waals surface area contributed by atoms with Gasteiger partial charge in [-0.3, -0.25) is 9.59 Å². The number of para-hydroxylation sites is 1. The largest absolute Gasteiger partial charge is 0.484 e. The number of hydrogen-bond donors (Lipinski definition) is 0. The van der Waals surface area contributed by atoms with E-state index in [-0.39, 0.29) is 37.7 Å².